The number of nitrogens with zero attached hydrogens (tertiary/aromatic N) is 2. The van der Waals surface area contributed by atoms with Gasteiger partial charge in [0.2, 0.25) is 0 Å². The molecule has 5 nitrogen and oxygen atoms in total. The Morgan fingerprint density at radius 1 is 1.27 bits per heavy atom. The zero-order valence-electron chi connectivity index (χ0n) is 14.9. The van der Waals surface area contributed by atoms with Gasteiger partial charge in [0.1, 0.15) is 11.6 Å². The first-order valence-corrected chi connectivity index (χ1v) is 9.14. The van der Waals surface area contributed by atoms with Crippen molar-refractivity contribution in [3.63, 3.8) is 0 Å². The van der Waals surface area contributed by atoms with Crippen molar-refractivity contribution in [3.05, 3.63) is 77.3 Å². The van der Waals surface area contributed by atoms with Crippen molar-refractivity contribution in [1.82, 2.24) is 14.9 Å². The fourth-order valence-corrected chi connectivity index (χ4v) is 3.55. The summed E-state index contributed by atoms with van der Waals surface area (Å²) in [5.74, 6) is 2.15. The van der Waals surface area contributed by atoms with E-state index in [1.54, 1.807) is 6.20 Å². The molecule has 2 heterocycles. The highest BCUT2D eigenvalue weighted by Gasteiger charge is 2.23. The molecule has 0 fully saturated rings. The minimum absolute atomic E-state index is 0.160. The standard InChI is InChI=1S/C21H23N3O2/c1-24-12-11-22-20(24)14-17(15-7-3-2-4-8-15)23-21(25)19-13-16-9-5-6-10-18(16)26-19/h2-4,7-8,11-13,17H,5-6,9-10,14H2,1H3,(H,23,25). The second-order valence-corrected chi connectivity index (χ2v) is 6.86. The first-order chi connectivity index (χ1) is 12.7. The summed E-state index contributed by atoms with van der Waals surface area (Å²) in [5, 5.41) is 3.14. The van der Waals surface area contributed by atoms with Crippen LogP contribution in [0.2, 0.25) is 0 Å². The Kier molecular flexibility index (Phi) is 4.61. The van der Waals surface area contributed by atoms with Crippen LogP contribution in [0, 0.1) is 0 Å². The van der Waals surface area contributed by atoms with E-state index in [4.69, 9.17) is 4.42 Å². The Labute approximate surface area is 153 Å². The predicted molar refractivity (Wildman–Crippen MR) is 98.9 cm³/mol. The fourth-order valence-electron chi connectivity index (χ4n) is 3.55. The maximum Gasteiger partial charge on any atom is 0.287 e. The lowest BCUT2D eigenvalue weighted by Crippen LogP contribution is -2.30. The van der Waals surface area contributed by atoms with Gasteiger partial charge in [-0.25, -0.2) is 4.98 Å². The zero-order valence-corrected chi connectivity index (χ0v) is 14.9. The number of carbonyl (C=O) groups excluding carboxylic acids is 1. The van der Waals surface area contributed by atoms with Crippen molar-refractivity contribution >= 4 is 5.91 Å². The van der Waals surface area contributed by atoms with E-state index in [0.717, 1.165) is 36.4 Å². The molecule has 1 aromatic carbocycles. The average Bonchev–Trinajstić information content (AvgIpc) is 3.28. The van der Waals surface area contributed by atoms with Crippen molar-refractivity contribution in [2.75, 3.05) is 0 Å². The van der Waals surface area contributed by atoms with Crippen LogP contribution in [0.5, 0.6) is 0 Å². The second kappa shape index (κ2) is 7.20. The molecule has 0 aliphatic heterocycles. The molecule has 1 unspecified atom stereocenters. The molecule has 1 N–H and O–H groups in total. The van der Waals surface area contributed by atoms with Gasteiger partial charge in [0.05, 0.1) is 6.04 Å². The summed E-state index contributed by atoms with van der Waals surface area (Å²) in [6.07, 6.45) is 8.55. The van der Waals surface area contributed by atoms with Gasteiger partial charge in [-0.05, 0) is 36.5 Å². The van der Waals surface area contributed by atoms with Gasteiger partial charge in [0, 0.05) is 32.3 Å². The maximum atomic E-state index is 12.8. The SMILES string of the molecule is Cn1ccnc1CC(NC(=O)c1cc2c(o1)CCCC2)c1ccccc1. The number of rotatable bonds is 5. The Hall–Kier alpha value is -2.82. The van der Waals surface area contributed by atoms with Gasteiger partial charge in [-0.3, -0.25) is 4.79 Å². The summed E-state index contributed by atoms with van der Waals surface area (Å²) in [6, 6.07) is 11.8. The smallest absolute Gasteiger partial charge is 0.287 e. The highest BCUT2D eigenvalue weighted by molar-refractivity contribution is 5.92. The summed E-state index contributed by atoms with van der Waals surface area (Å²) in [5.41, 5.74) is 2.24. The van der Waals surface area contributed by atoms with Crippen LogP contribution in [0.15, 0.2) is 53.2 Å². The number of nitrogens with one attached hydrogen (secondary N) is 1. The predicted octanol–water partition coefficient (Wildman–Crippen LogP) is 3.61. The molecule has 1 amide bonds. The van der Waals surface area contributed by atoms with Gasteiger partial charge in [0.25, 0.3) is 5.91 Å². The average molecular weight is 349 g/mol. The van der Waals surface area contributed by atoms with Crippen LogP contribution in [0.25, 0.3) is 0 Å². The summed E-state index contributed by atoms with van der Waals surface area (Å²) >= 11 is 0. The summed E-state index contributed by atoms with van der Waals surface area (Å²) in [6.45, 7) is 0. The highest BCUT2D eigenvalue weighted by atomic mass is 16.4. The first-order valence-electron chi connectivity index (χ1n) is 9.14. The topological polar surface area (TPSA) is 60.1 Å². The van der Waals surface area contributed by atoms with Gasteiger partial charge in [-0.1, -0.05) is 30.3 Å². The molecule has 1 aliphatic rings. The Morgan fingerprint density at radius 2 is 2.08 bits per heavy atom. The van der Waals surface area contributed by atoms with Crippen molar-refractivity contribution in [1.29, 1.82) is 0 Å². The Balaban J connectivity index is 1.57. The van der Waals surface area contributed by atoms with E-state index in [-0.39, 0.29) is 11.9 Å². The van der Waals surface area contributed by atoms with E-state index in [9.17, 15) is 4.79 Å². The Bertz CT molecular complexity index is 872. The minimum atomic E-state index is -0.164. The third-order valence-electron chi connectivity index (χ3n) is 5.04. The molecule has 2 aromatic heterocycles. The van der Waals surface area contributed by atoms with Crippen LogP contribution in [-0.2, 0) is 26.3 Å². The third kappa shape index (κ3) is 3.43. The van der Waals surface area contributed by atoms with Crippen LogP contribution in [-0.4, -0.2) is 15.5 Å². The lowest BCUT2D eigenvalue weighted by molar-refractivity contribution is 0.0906. The normalized spacial score (nSPS) is 14.7. The summed E-state index contributed by atoms with van der Waals surface area (Å²) in [7, 11) is 1.97. The molecular formula is C21H23N3O2. The van der Waals surface area contributed by atoms with Gasteiger partial charge >= 0.3 is 0 Å². The fraction of sp³-hybridized carbons (Fsp3) is 0.333. The van der Waals surface area contributed by atoms with E-state index in [0.29, 0.717) is 12.2 Å². The number of aryl methyl sites for hydroxylation is 3. The molecule has 3 aromatic rings. The van der Waals surface area contributed by atoms with Gasteiger partial charge in [0.15, 0.2) is 5.76 Å². The second-order valence-electron chi connectivity index (χ2n) is 6.86. The van der Waals surface area contributed by atoms with Gasteiger partial charge < -0.3 is 14.3 Å². The minimum Gasteiger partial charge on any atom is -0.456 e. The molecule has 0 radical (unpaired) electrons. The maximum absolute atomic E-state index is 12.8. The van der Waals surface area contributed by atoms with Crippen LogP contribution in [0.1, 0.15) is 52.1 Å². The number of carbonyl (C=O) groups is 1. The lowest BCUT2D eigenvalue weighted by Gasteiger charge is -2.18. The van der Waals surface area contributed by atoms with E-state index < -0.39 is 0 Å². The number of furan rings is 1. The van der Waals surface area contributed by atoms with Crippen molar-refractivity contribution < 1.29 is 9.21 Å². The molecule has 0 spiro atoms. The van der Waals surface area contributed by atoms with Crippen LogP contribution in [0.4, 0.5) is 0 Å². The van der Waals surface area contributed by atoms with E-state index in [1.165, 1.54) is 12.0 Å². The van der Waals surface area contributed by atoms with E-state index in [2.05, 4.69) is 10.3 Å². The largest absolute Gasteiger partial charge is 0.456 e. The van der Waals surface area contributed by atoms with Crippen molar-refractivity contribution in [3.8, 4) is 0 Å². The molecule has 0 saturated heterocycles. The van der Waals surface area contributed by atoms with Gasteiger partial charge in [-0.15, -0.1) is 0 Å². The molecule has 4 rings (SSSR count). The summed E-state index contributed by atoms with van der Waals surface area (Å²) < 4.78 is 7.81. The number of imidazole rings is 1. The van der Waals surface area contributed by atoms with Crippen LogP contribution >= 0.6 is 0 Å². The number of hydrogen-bond donors (Lipinski definition) is 1. The quantitative estimate of drug-likeness (QED) is 0.765. The number of benzene rings is 1. The monoisotopic (exact) mass is 349 g/mol. The first kappa shape index (κ1) is 16.6. The van der Waals surface area contributed by atoms with Crippen molar-refractivity contribution in [2.24, 2.45) is 7.05 Å². The number of hydrogen-bond acceptors (Lipinski definition) is 3. The number of amides is 1. The molecule has 0 saturated carbocycles. The van der Waals surface area contributed by atoms with Crippen molar-refractivity contribution in [2.45, 2.75) is 38.1 Å². The van der Waals surface area contributed by atoms with E-state index >= 15 is 0 Å². The molecule has 26 heavy (non-hydrogen) atoms. The summed E-state index contributed by atoms with van der Waals surface area (Å²) in [4.78, 5) is 17.2. The highest BCUT2D eigenvalue weighted by Crippen LogP contribution is 2.25. The number of fused-ring (bicyclic) bond motifs is 1. The van der Waals surface area contributed by atoms with Crippen LogP contribution < -0.4 is 5.32 Å². The molecule has 134 valence electrons. The molecule has 5 heteroatoms. The molecule has 1 aliphatic carbocycles. The third-order valence-corrected chi connectivity index (χ3v) is 5.04. The molecule has 0 bridgehead atoms. The van der Waals surface area contributed by atoms with Gasteiger partial charge in [-0.2, -0.15) is 0 Å². The Morgan fingerprint density at radius 3 is 2.81 bits per heavy atom. The van der Waals surface area contributed by atoms with E-state index in [1.807, 2.05) is 54.2 Å². The molecule has 1 atom stereocenters. The zero-order chi connectivity index (χ0) is 17.9. The van der Waals surface area contributed by atoms with Crippen LogP contribution in [0.3, 0.4) is 0 Å². The number of aromatic nitrogens is 2. The lowest BCUT2D eigenvalue weighted by atomic mass is 9.99. The molecular weight excluding hydrogens is 326 g/mol.